The van der Waals surface area contributed by atoms with Gasteiger partial charge in [-0.15, -0.1) is 0 Å². The fourth-order valence-electron chi connectivity index (χ4n) is 5.70. The second-order valence-electron chi connectivity index (χ2n) is 10.0. The number of carbonyl (C=O) groups excluding carboxylic acids is 3. The number of amides is 3. The van der Waals surface area contributed by atoms with E-state index in [9.17, 15) is 37.2 Å². The van der Waals surface area contributed by atoms with Gasteiger partial charge in [-0.3, -0.25) is 14.4 Å². The zero-order valence-corrected chi connectivity index (χ0v) is 20.3. The summed E-state index contributed by atoms with van der Waals surface area (Å²) in [6.07, 6.45) is 0.952. The maximum atomic E-state index is 14.9. The molecule has 4 fully saturated rings. The molecule has 1 aliphatic carbocycles. The molecule has 3 N–H and O–H groups in total. The van der Waals surface area contributed by atoms with Gasteiger partial charge in [0.05, 0.1) is 17.7 Å². The number of piperidine rings is 3. The van der Waals surface area contributed by atoms with Crippen LogP contribution in [-0.4, -0.2) is 59.3 Å². The van der Waals surface area contributed by atoms with E-state index < -0.39 is 71.8 Å². The van der Waals surface area contributed by atoms with Gasteiger partial charge in [0.25, 0.3) is 5.92 Å². The Labute approximate surface area is 211 Å². The minimum atomic E-state index is -3.20. The Morgan fingerprint density at radius 3 is 2.70 bits per heavy atom. The SMILES string of the molecule is C[C@H](Nc1cc(F)ccc1F)C(=O)N1[C@@H]2CC[C@H]([C@H]1C(=O)N[C@H](C#N)C[C@@H]1CCCNC1=O)C(F)(F)C2. The van der Waals surface area contributed by atoms with Crippen LogP contribution < -0.4 is 16.0 Å². The summed E-state index contributed by atoms with van der Waals surface area (Å²) in [6.45, 7) is 1.91. The third-order valence-corrected chi connectivity index (χ3v) is 7.52. The van der Waals surface area contributed by atoms with Crippen molar-refractivity contribution in [3.05, 3.63) is 29.8 Å². The molecule has 1 aromatic carbocycles. The number of hydrogen-bond donors (Lipinski definition) is 3. The lowest BCUT2D eigenvalue weighted by molar-refractivity contribution is -0.194. The van der Waals surface area contributed by atoms with Gasteiger partial charge in [-0.2, -0.15) is 5.26 Å². The first-order valence-corrected chi connectivity index (χ1v) is 12.4. The van der Waals surface area contributed by atoms with Gasteiger partial charge >= 0.3 is 0 Å². The van der Waals surface area contributed by atoms with Crippen molar-refractivity contribution in [3.63, 3.8) is 0 Å². The molecule has 3 aliphatic heterocycles. The molecule has 1 aromatic rings. The molecule has 0 aromatic heterocycles. The normalized spacial score (nSPS) is 28.0. The van der Waals surface area contributed by atoms with E-state index in [1.807, 2.05) is 6.07 Å². The average Bonchev–Trinajstić information content (AvgIpc) is 2.85. The summed E-state index contributed by atoms with van der Waals surface area (Å²) in [7, 11) is 0. The Morgan fingerprint density at radius 1 is 1.27 bits per heavy atom. The summed E-state index contributed by atoms with van der Waals surface area (Å²) in [6, 6.07) is -0.139. The molecule has 8 nitrogen and oxygen atoms in total. The first-order chi connectivity index (χ1) is 17.5. The first-order valence-electron chi connectivity index (χ1n) is 12.4. The lowest BCUT2D eigenvalue weighted by Crippen LogP contribution is -2.70. The number of benzene rings is 1. The van der Waals surface area contributed by atoms with Gasteiger partial charge < -0.3 is 20.9 Å². The van der Waals surface area contributed by atoms with E-state index in [4.69, 9.17) is 0 Å². The van der Waals surface area contributed by atoms with E-state index in [0.717, 1.165) is 29.5 Å². The van der Waals surface area contributed by atoms with Crippen LogP contribution in [0.5, 0.6) is 0 Å². The van der Waals surface area contributed by atoms with E-state index in [2.05, 4.69) is 16.0 Å². The maximum Gasteiger partial charge on any atom is 0.255 e. The summed E-state index contributed by atoms with van der Waals surface area (Å²) < 4.78 is 57.5. The standard InChI is InChI=1S/C25H29F4N5O3/c1-13(32-20-10-15(26)4-7-19(20)27)24(37)34-17-5-6-18(25(28,29)11-17)21(34)23(36)33-16(12-30)9-14-3-2-8-31-22(14)35/h4,7,10,13-14,16-18,21,32H,2-3,5-6,8-9,11H2,1H3,(H,31,35)(H,33,36)/t13-,14-,16-,17+,18+,21-/m0/s1. The van der Waals surface area contributed by atoms with Crippen molar-refractivity contribution < 1.29 is 31.9 Å². The topological polar surface area (TPSA) is 114 Å². The van der Waals surface area contributed by atoms with Gasteiger partial charge in [-0.05, 0) is 57.2 Å². The zero-order chi connectivity index (χ0) is 26.9. The lowest BCUT2D eigenvalue weighted by Gasteiger charge is -2.54. The third kappa shape index (κ3) is 5.50. The molecule has 0 radical (unpaired) electrons. The molecular formula is C25H29F4N5O3. The Bertz CT molecular complexity index is 1110. The fraction of sp³-hybridized carbons (Fsp3) is 0.600. The summed E-state index contributed by atoms with van der Waals surface area (Å²) in [4.78, 5) is 40.0. The van der Waals surface area contributed by atoms with Crippen LogP contribution in [0, 0.1) is 34.8 Å². The van der Waals surface area contributed by atoms with Crippen molar-refractivity contribution >= 4 is 23.4 Å². The Kier molecular flexibility index (Phi) is 7.62. The van der Waals surface area contributed by atoms with Crippen LogP contribution >= 0.6 is 0 Å². The third-order valence-electron chi connectivity index (χ3n) is 7.52. The van der Waals surface area contributed by atoms with Crippen molar-refractivity contribution in [2.75, 3.05) is 11.9 Å². The number of nitrogens with zero attached hydrogens (tertiary/aromatic N) is 2. The van der Waals surface area contributed by atoms with Gasteiger partial charge in [0.1, 0.15) is 29.8 Å². The molecule has 200 valence electrons. The van der Waals surface area contributed by atoms with E-state index in [1.165, 1.54) is 6.92 Å². The Balaban J connectivity index is 1.54. The van der Waals surface area contributed by atoms with Crippen LogP contribution in [0.2, 0.25) is 0 Å². The highest BCUT2D eigenvalue weighted by molar-refractivity contribution is 5.92. The fourth-order valence-corrected chi connectivity index (χ4v) is 5.70. The van der Waals surface area contributed by atoms with Crippen LogP contribution in [0.3, 0.4) is 0 Å². The number of anilines is 1. The van der Waals surface area contributed by atoms with Gasteiger partial charge in [0, 0.05) is 24.9 Å². The number of alkyl halides is 2. The number of halogens is 4. The van der Waals surface area contributed by atoms with Crippen molar-refractivity contribution in [1.29, 1.82) is 5.26 Å². The van der Waals surface area contributed by atoms with E-state index in [0.29, 0.717) is 13.0 Å². The maximum absolute atomic E-state index is 14.9. The smallest absolute Gasteiger partial charge is 0.255 e. The molecule has 2 bridgehead atoms. The van der Waals surface area contributed by atoms with Crippen molar-refractivity contribution in [1.82, 2.24) is 15.5 Å². The molecule has 5 rings (SSSR count). The molecule has 6 atom stereocenters. The predicted octanol–water partition coefficient (Wildman–Crippen LogP) is 2.70. The largest absolute Gasteiger partial charge is 0.371 e. The zero-order valence-electron chi connectivity index (χ0n) is 20.3. The molecule has 37 heavy (non-hydrogen) atoms. The Hall–Kier alpha value is -3.36. The van der Waals surface area contributed by atoms with Gasteiger partial charge in [-0.1, -0.05) is 0 Å². The summed E-state index contributed by atoms with van der Waals surface area (Å²) in [5, 5.41) is 17.4. The molecule has 0 spiro atoms. The predicted molar refractivity (Wildman–Crippen MR) is 124 cm³/mol. The van der Waals surface area contributed by atoms with Crippen LogP contribution in [0.25, 0.3) is 0 Å². The van der Waals surface area contributed by atoms with Crippen LogP contribution in [0.15, 0.2) is 18.2 Å². The molecular weight excluding hydrogens is 494 g/mol. The monoisotopic (exact) mass is 523 g/mol. The molecule has 3 saturated heterocycles. The number of fused-ring (bicyclic) bond motifs is 3. The second kappa shape index (κ2) is 10.6. The minimum absolute atomic E-state index is 0.0160. The molecule has 12 heteroatoms. The number of hydrogen-bond acceptors (Lipinski definition) is 5. The highest BCUT2D eigenvalue weighted by Crippen LogP contribution is 2.49. The molecule has 3 amide bonds. The first kappa shape index (κ1) is 26.7. The van der Waals surface area contributed by atoms with Gasteiger partial charge in [0.2, 0.25) is 17.7 Å². The van der Waals surface area contributed by atoms with Crippen LogP contribution in [-0.2, 0) is 14.4 Å². The molecule has 0 unspecified atom stereocenters. The number of carbonyl (C=O) groups is 3. The van der Waals surface area contributed by atoms with Gasteiger partial charge in [-0.25, -0.2) is 17.6 Å². The van der Waals surface area contributed by atoms with Crippen LogP contribution in [0.4, 0.5) is 23.2 Å². The molecule has 3 heterocycles. The van der Waals surface area contributed by atoms with Crippen LogP contribution in [0.1, 0.15) is 45.4 Å². The number of rotatable bonds is 7. The summed E-state index contributed by atoms with van der Waals surface area (Å²) in [5.41, 5.74) is -0.273. The summed E-state index contributed by atoms with van der Waals surface area (Å²) >= 11 is 0. The summed E-state index contributed by atoms with van der Waals surface area (Å²) in [5.74, 6) is -8.52. The number of nitrogens with one attached hydrogen (secondary N) is 3. The lowest BCUT2D eigenvalue weighted by atomic mass is 9.71. The second-order valence-corrected chi connectivity index (χ2v) is 10.0. The molecule has 1 saturated carbocycles. The van der Waals surface area contributed by atoms with Crippen molar-refractivity contribution in [2.45, 2.75) is 75.5 Å². The van der Waals surface area contributed by atoms with E-state index >= 15 is 0 Å². The van der Waals surface area contributed by atoms with E-state index in [-0.39, 0.29) is 30.9 Å². The van der Waals surface area contributed by atoms with Crippen molar-refractivity contribution in [3.8, 4) is 6.07 Å². The van der Waals surface area contributed by atoms with Crippen molar-refractivity contribution in [2.24, 2.45) is 11.8 Å². The molecule has 4 aliphatic rings. The minimum Gasteiger partial charge on any atom is -0.371 e. The highest BCUT2D eigenvalue weighted by atomic mass is 19.3. The average molecular weight is 524 g/mol. The van der Waals surface area contributed by atoms with E-state index in [1.54, 1.807) is 0 Å². The Morgan fingerprint density at radius 2 is 2.03 bits per heavy atom. The van der Waals surface area contributed by atoms with Gasteiger partial charge in [0.15, 0.2) is 0 Å². The quantitative estimate of drug-likeness (QED) is 0.476. The number of nitriles is 1. The highest BCUT2D eigenvalue weighted by Gasteiger charge is 2.60.